The van der Waals surface area contributed by atoms with Gasteiger partial charge in [-0.15, -0.1) is 0 Å². The number of amides is 1. The molecule has 0 saturated carbocycles. The summed E-state index contributed by atoms with van der Waals surface area (Å²) in [6.45, 7) is 2.08. The number of hydrogen-bond acceptors (Lipinski definition) is 3. The molecule has 0 aliphatic carbocycles. The van der Waals surface area contributed by atoms with Crippen LogP contribution in [0.5, 0.6) is 5.75 Å². The van der Waals surface area contributed by atoms with E-state index in [9.17, 15) is 4.79 Å². The first-order valence-electron chi connectivity index (χ1n) is 5.98. The molecule has 1 saturated heterocycles. The van der Waals surface area contributed by atoms with Crippen LogP contribution >= 0.6 is 11.6 Å². The molecule has 1 fully saturated rings. The fourth-order valence-electron chi connectivity index (χ4n) is 2.23. The van der Waals surface area contributed by atoms with Gasteiger partial charge in [-0.1, -0.05) is 11.6 Å². The Morgan fingerprint density at radius 3 is 3.00 bits per heavy atom. The Hall–Kier alpha value is -1.26. The van der Waals surface area contributed by atoms with Gasteiger partial charge < -0.3 is 15.4 Å². The van der Waals surface area contributed by atoms with Gasteiger partial charge in [0.1, 0.15) is 5.75 Å². The van der Waals surface area contributed by atoms with Crippen molar-refractivity contribution in [3.05, 3.63) is 28.8 Å². The lowest BCUT2D eigenvalue weighted by molar-refractivity contribution is 0.0784. The Morgan fingerprint density at radius 1 is 1.61 bits per heavy atom. The van der Waals surface area contributed by atoms with Gasteiger partial charge in [-0.2, -0.15) is 0 Å². The molecule has 1 aliphatic heterocycles. The molecule has 0 bridgehead atoms. The van der Waals surface area contributed by atoms with Crippen molar-refractivity contribution in [1.29, 1.82) is 0 Å². The molecule has 1 amide bonds. The van der Waals surface area contributed by atoms with Crippen molar-refractivity contribution in [2.75, 3.05) is 26.7 Å². The number of carbonyl (C=O) groups excluding carboxylic acids is 1. The number of nitrogens with zero attached hydrogens (tertiary/aromatic N) is 1. The van der Waals surface area contributed by atoms with E-state index in [1.807, 2.05) is 4.90 Å². The zero-order valence-corrected chi connectivity index (χ0v) is 11.1. The van der Waals surface area contributed by atoms with Crippen molar-refractivity contribution >= 4 is 17.5 Å². The second-order valence-electron chi connectivity index (χ2n) is 4.49. The molecule has 2 rings (SSSR count). The summed E-state index contributed by atoms with van der Waals surface area (Å²) in [5.74, 6) is 0.921. The average molecular weight is 269 g/mol. The smallest absolute Gasteiger partial charge is 0.257 e. The van der Waals surface area contributed by atoms with Crippen LogP contribution in [0.3, 0.4) is 0 Å². The van der Waals surface area contributed by atoms with Gasteiger partial charge in [0.2, 0.25) is 0 Å². The SMILES string of the molecule is COc1ccc(Cl)cc1C(=O)N1CCC(CN)C1. The predicted octanol–water partition coefficient (Wildman–Crippen LogP) is 1.77. The second-order valence-corrected chi connectivity index (χ2v) is 4.92. The van der Waals surface area contributed by atoms with Gasteiger partial charge in [0.25, 0.3) is 5.91 Å². The number of halogens is 1. The molecule has 98 valence electrons. The van der Waals surface area contributed by atoms with Crippen molar-refractivity contribution in [3.8, 4) is 5.75 Å². The third kappa shape index (κ3) is 2.60. The van der Waals surface area contributed by atoms with Gasteiger partial charge in [0.15, 0.2) is 0 Å². The fourth-order valence-corrected chi connectivity index (χ4v) is 2.40. The molecule has 18 heavy (non-hydrogen) atoms. The highest BCUT2D eigenvalue weighted by Crippen LogP contribution is 2.26. The summed E-state index contributed by atoms with van der Waals surface area (Å²) < 4.78 is 5.20. The van der Waals surface area contributed by atoms with Crippen LogP contribution in [0.4, 0.5) is 0 Å². The number of benzene rings is 1. The maximum atomic E-state index is 12.4. The summed E-state index contributed by atoms with van der Waals surface area (Å²) in [6.07, 6.45) is 0.963. The van der Waals surface area contributed by atoms with Crippen LogP contribution in [0.15, 0.2) is 18.2 Å². The average Bonchev–Trinajstić information content (AvgIpc) is 2.86. The lowest BCUT2D eigenvalue weighted by Gasteiger charge is -2.18. The van der Waals surface area contributed by atoms with E-state index in [4.69, 9.17) is 22.1 Å². The van der Waals surface area contributed by atoms with Gasteiger partial charge in [-0.3, -0.25) is 4.79 Å². The Labute approximate surface area is 112 Å². The predicted molar refractivity (Wildman–Crippen MR) is 71.1 cm³/mol. The Balaban J connectivity index is 2.21. The van der Waals surface area contributed by atoms with Crippen molar-refractivity contribution < 1.29 is 9.53 Å². The summed E-state index contributed by atoms with van der Waals surface area (Å²) in [4.78, 5) is 14.2. The van der Waals surface area contributed by atoms with Crippen molar-refractivity contribution in [3.63, 3.8) is 0 Å². The van der Waals surface area contributed by atoms with E-state index in [0.29, 0.717) is 35.3 Å². The molecule has 1 aromatic carbocycles. The summed E-state index contributed by atoms with van der Waals surface area (Å²) in [5, 5.41) is 0.536. The molecule has 1 aliphatic rings. The van der Waals surface area contributed by atoms with Crippen LogP contribution in [-0.2, 0) is 0 Å². The number of ether oxygens (including phenoxy) is 1. The Morgan fingerprint density at radius 2 is 2.39 bits per heavy atom. The number of carbonyl (C=O) groups is 1. The van der Waals surface area contributed by atoms with Crippen LogP contribution in [0.2, 0.25) is 5.02 Å². The van der Waals surface area contributed by atoms with E-state index in [2.05, 4.69) is 0 Å². The summed E-state index contributed by atoms with van der Waals surface area (Å²) in [7, 11) is 1.55. The van der Waals surface area contributed by atoms with Gasteiger partial charge in [-0.25, -0.2) is 0 Å². The van der Waals surface area contributed by atoms with E-state index in [-0.39, 0.29) is 5.91 Å². The summed E-state index contributed by atoms with van der Waals surface area (Å²) in [6, 6.07) is 5.08. The maximum absolute atomic E-state index is 12.4. The van der Waals surface area contributed by atoms with Crippen LogP contribution < -0.4 is 10.5 Å². The molecule has 1 aromatic rings. The summed E-state index contributed by atoms with van der Waals surface area (Å²) >= 11 is 5.93. The van der Waals surface area contributed by atoms with E-state index < -0.39 is 0 Å². The highest BCUT2D eigenvalue weighted by molar-refractivity contribution is 6.31. The first kappa shape index (κ1) is 13.2. The molecule has 1 heterocycles. The van der Waals surface area contributed by atoms with E-state index in [1.165, 1.54) is 0 Å². The Bertz CT molecular complexity index is 451. The third-order valence-corrected chi connectivity index (χ3v) is 3.53. The highest BCUT2D eigenvalue weighted by Gasteiger charge is 2.27. The van der Waals surface area contributed by atoms with Gasteiger partial charge in [0, 0.05) is 18.1 Å². The highest BCUT2D eigenvalue weighted by atomic mass is 35.5. The van der Waals surface area contributed by atoms with E-state index >= 15 is 0 Å². The minimum Gasteiger partial charge on any atom is -0.496 e. The molecule has 2 N–H and O–H groups in total. The maximum Gasteiger partial charge on any atom is 0.257 e. The molecule has 0 spiro atoms. The Kier molecular flexibility index (Phi) is 4.09. The van der Waals surface area contributed by atoms with Crippen molar-refractivity contribution in [2.24, 2.45) is 11.7 Å². The van der Waals surface area contributed by atoms with Gasteiger partial charge >= 0.3 is 0 Å². The molecule has 5 heteroatoms. The topological polar surface area (TPSA) is 55.6 Å². The molecule has 0 aromatic heterocycles. The minimum atomic E-state index is -0.0368. The lowest BCUT2D eigenvalue weighted by Crippen LogP contribution is -2.30. The number of likely N-dealkylation sites (tertiary alicyclic amines) is 1. The molecular weight excluding hydrogens is 252 g/mol. The molecule has 4 nitrogen and oxygen atoms in total. The summed E-state index contributed by atoms with van der Waals surface area (Å²) in [5.41, 5.74) is 6.15. The third-order valence-electron chi connectivity index (χ3n) is 3.30. The second kappa shape index (κ2) is 5.59. The van der Waals surface area contributed by atoms with E-state index in [1.54, 1.807) is 25.3 Å². The van der Waals surface area contributed by atoms with Crippen LogP contribution in [0.25, 0.3) is 0 Å². The molecule has 0 radical (unpaired) electrons. The number of hydrogen-bond donors (Lipinski definition) is 1. The van der Waals surface area contributed by atoms with Crippen LogP contribution in [0, 0.1) is 5.92 Å². The first-order valence-corrected chi connectivity index (χ1v) is 6.36. The first-order chi connectivity index (χ1) is 8.65. The standard InChI is InChI=1S/C13H17ClN2O2/c1-18-12-3-2-10(14)6-11(12)13(17)16-5-4-9(7-15)8-16/h2-3,6,9H,4-5,7-8,15H2,1H3. The lowest BCUT2D eigenvalue weighted by atomic mass is 10.1. The molecule has 1 unspecified atom stereocenters. The van der Waals surface area contributed by atoms with Crippen molar-refractivity contribution in [1.82, 2.24) is 4.90 Å². The number of rotatable bonds is 3. The quantitative estimate of drug-likeness (QED) is 0.909. The monoisotopic (exact) mass is 268 g/mol. The van der Waals surface area contributed by atoms with Crippen LogP contribution in [-0.4, -0.2) is 37.6 Å². The normalized spacial score (nSPS) is 19.1. The molecular formula is C13H17ClN2O2. The number of nitrogens with two attached hydrogens (primary N) is 1. The van der Waals surface area contributed by atoms with E-state index in [0.717, 1.165) is 13.0 Å². The molecule has 1 atom stereocenters. The van der Waals surface area contributed by atoms with Crippen molar-refractivity contribution in [2.45, 2.75) is 6.42 Å². The zero-order valence-electron chi connectivity index (χ0n) is 10.4. The minimum absolute atomic E-state index is 0.0368. The zero-order chi connectivity index (χ0) is 13.1. The number of methoxy groups -OCH3 is 1. The van der Waals surface area contributed by atoms with Gasteiger partial charge in [0.05, 0.1) is 12.7 Å². The van der Waals surface area contributed by atoms with Crippen LogP contribution in [0.1, 0.15) is 16.8 Å². The fraction of sp³-hybridized carbons (Fsp3) is 0.462. The largest absolute Gasteiger partial charge is 0.496 e. The van der Waals surface area contributed by atoms with Gasteiger partial charge in [-0.05, 0) is 37.1 Å².